The molecule has 0 fully saturated rings. The van der Waals surface area contributed by atoms with Crippen molar-refractivity contribution in [3.8, 4) is 0 Å². The summed E-state index contributed by atoms with van der Waals surface area (Å²) in [6, 6.07) is 17.4. The summed E-state index contributed by atoms with van der Waals surface area (Å²) < 4.78 is 4.59. The molecule has 22 heavy (non-hydrogen) atoms. The van der Waals surface area contributed by atoms with E-state index in [4.69, 9.17) is 0 Å². The second-order valence-electron chi connectivity index (χ2n) is 4.56. The number of rotatable bonds is 5. The molecule has 0 aliphatic rings. The Balaban J connectivity index is 2.19. The number of ether oxygens (including phenoxy) is 1. The average Bonchev–Trinajstić information content (AvgIpc) is 2.59. The van der Waals surface area contributed by atoms with Crippen molar-refractivity contribution in [1.29, 1.82) is 0 Å². The molecule has 2 rings (SSSR count). The number of methoxy groups -OCH3 is 1. The van der Waals surface area contributed by atoms with Gasteiger partial charge in [-0.1, -0.05) is 61.2 Å². The van der Waals surface area contributed by atoms with Crippen LogP contribution in [-0.4, -0.2) is 19.3 Å². The molecule has 0 spiro atoms. The molecule has 0 aliphatic heterocycles. The van der Waals surface area contributed by atoms with E-state index in [-0.39, 0.29) is 5.97 Å². The van der Waals surface area contributed by atoms with E-state index in [2.05, 4.69) is 16.3 Å². The first-order valence-electron chi connectivity index (χ1n) is 6.84. The monoisotopic (exact) mass is 291 g/mol. The van der Waals surface area contributed by atoms with Crippen LogP contribution in [0.5, 0.6) is 0 Å². The van der Waals surface area contributed by atoms with Crippen molar-refractivity contribution in [3.05, 3.63) is 83.9 Å². The zero-order chi connectivity index (χ0) is 15.8. The number of carbonyl (C=O) groups excluding carboxylic acids is 1. The molecule has 0 N–H and O–H groups in total. The normalized spacial score (nSPS) is 11.0. The summed E-state index contributed by atoms with van der Waals surface area (Å²) in [6.45, 7) is 3.97. The first kappa shape index (κ1) is 15.4. The van der Waals surface area contributed by atoms with Crippen LogP contribution in [0.2, 0.25) is 0 Å². The summed E-state index contributed by atoms with van der Waals surface area (Å²) in [5.41, 5.74) is 3.45. The third-order valence-corrected chi connectivity index (χ3v) is 3.06. The van der Waals surface area contributed by atoms with E-state index in [0.29, 0.717) is 5.70 Å². The van der Waals surface area contributed by atoms with Gasteiger partial charge in [0.2, 0.25) is 0 Å². The van der Waals surface area contributed by atoms with E-state index in [1.807, 2.05) is 54.6 Å². The van der Waals surface area contributed by atoms with E-state index >= 15 is 0 Å². The SMILES string of the molecule is C=C(N=Cc1ccccc1/C=C/C(=O)OC)c1ccccc1. The first-order chi connectivity index (χ1) is 10.7. The molecule has 0 saturated heterocycles. The van der Waals surface area contributed by atoms with Gasteiger partial charge in [0, 0.05) is 12.3 Å². The molecule has 3 heteroatoms. The Morgan fingerprint density at radius 3 is 2.36 bits per heavy atom. The third kappa shape index (κ3) is 4.28. The Kier molecular flexibility index (Phi) is 5.44. The highest BCUT2D eigenvalue weighted by Crippen LogP contribution is 2.14. The van der Waals surface area contributed by atoms with Crippen LogP contribution in [0.25, 0.3) is 11.8 Å². The number of benzene rings is 2. The van der Waals surface area contributed by atoms with E-state index in [1.54, 1.807) is 12.3 Å². The van der Waals surface area contributed by atoms with Gasteiger partial charge < -0.3 is 4.74 Å². The van der Waals surface area contributed by atoms with Crippen molar-refractivity contribution in [2.24, 2.45) is 4.99 Å². The number of nitrogens with zero attached hydrogens (tertiary/aromatic N) is 1. The Hall–Kier alpha value is -2.94. The second-order valence-corrected chi connectivity index (χ2v) is 4.56. The van der Waals surface area contributed by atoms with Gasteiger partial charge in [0.05, 0.1) is 12.8 Å². The molecule has 0 heterocycles. The van der Waals surface area contributed by atoms with Gasteiger partial charge in [0.1, 0.15) is 0 Å². The molecule has 110 valence electrons. The molecule has 0 saturated carbocycles. The lowest BCUT2D eigenvalue weighted by atomic mass is 10.1. The van der Waals surface area contributed by atoms with Gasteiger partial charge in [-0.15, -0.1) is 0 Å². The topological polar surface area (TPSA) is 38.7 Å². The maximum absolute atomic E-state index is 11.2. The van der Waals surface area contributed by atoms with Gasteiger partial charge >= 0.3 is 5.97 Å². The molecule has 0 atom stereocenters. The van der Waals surface area contributed by atoms with Crippen LogP contribution in [0.1, 0.15) is 16.7 Å². The van der Waals surface area contributed by atoms with Crippen LogP contribution in [0, 0.1) is 0 Å². The molecule has 3 nitrogen and oxygen atoms in total. The maximum atomic E-state index is 11.2. The Morgan fingerprint density at radius 2 is 1.68 bits per heavy atom. The van der Waals surface area contributed by atoms with Gasteiger partial charge in [-0.3, -0.25) is 4.99 Å². The van der Waals surface area contributed by atoms with Gasteiger partial charge in [-0.25, -0.2) is 4.79 Å². The van der Waals surface area contributed by atoms with Crippen molar-refractivity contribution < 1.29 is 9.53 Å². The van der Waals surface area contributed by atoms with Gasteiger partial charge in [0.15, 0.2) is 0 Å². The average molecular weight is 291 g/mol. The molecule has 0 aliphatic carbocycles. The fourth-order valence-corrected chi connectivity index (χ4v) is 1.86. The predicted octanol–water partition coefficient (Wildman–Crippen LogP) is 3.96. The molecular weight excluding hydrogens is 274 g/mol. The van der Waals surface area contributed by atoms with Crippen LogP contribution in [0.3, 0.4) is 0 Å². The minimum Gasteiger partial charge on any atom is -0.466 e. The number of hydrogen-bond acceptors (Lipinski definition) is 3. The minimum atomic E-state index is -0.388. The molecule has 2 aromatic carbocycles. The highest BCUT2D eigenvalue weighted by Gasteiger charge is 1.99. The van der Waals surface area contributed by atoms with Crippen LogP contribution in [-0.2, 0) is 9.53 Å². The van der Waals surface area contributed by atoms with Gasteiger partial charge in [0.25, 0.3) is 0 Å². The summed E-state index contributed by atoms with van der Waals surface area (Å²) in [5.74, 6) is -0.388. The standard InChI is InChI=1S/C19H17NO2/c1-15(16-8-4-3-5-9-16)20-14-18-11-7-6-10-17(18)12-13-19(21)22-2/h3-14H,1H2,2H3/b13-12+,20-14?. The lowest BCUT2D eigenvalue weighted by Gasteiger charge is -2.02. The lowest BCUT2D eigenvalue weighted by Crippen LogP contribution is -1.94. The van der Waals surface area contributed by atoms with E-state index in [9.17, 15) is 4.79 Å². The number of hydrogen-bond donors (Lipinski definition) is 0. The maximum Gasteiger partial charge on any atom is 0.330 e. The summed E-state index contributed by atoms with van der Waals surface area (Å²) in [6.07, 6.45) is 4.84. The summed E-state index contributed by atoms with van der Waals surface area (Å²) in [7, 11) is 1.35. The van der Waals surface area contributed by atoms with Gasteiger partial charge in [-0.05, 0) is 22.8 Å². The Bertz CT molecular complexity index is 715. The largest absolute Gasteiger partial charge is 0.466 e. The van der Waals surface area contributed by atoms with Crippen LogP contribution < -0.4 is 0 Å². The summed E-state index contributed by atoms with van der Waals surface area (Å²) in [5, 5.41) is 0. The van der Waals surface area contributed by atoms with Crippen molar-refractivity contribution in [2.75, 3.05) is 7.11 Å². The molecular formula is C19H17NO2. The van der Waals surface area contributed by atoms with Crippen molar-refractivity contribution in [3.63, 3.8) is 0 Å². The van der Waals surface area contributed by atoms with Gasteiger partial charge in [-0.2, -0.15) is 0 Å². The Labute approximate surface area is 130 Å². The van der Waals surface area contributed by atoms with E-state index < -0.39 is 0 Å². The molecule has 0 aromatic heterocycles. The first-order valence-corrected chi connectivity index (χ1v) is 6.84. The van der Waals surface area contributed by atoms with E-state index in [0.717, 1.165) is 16.7 Å². The highest BCUT2D eigenvalue weighted by atomic mass is 16.5. The predicted molar refractivity (Wildman–Crippen MR) is 90.6 cm³/mol. The van der Waals surface area contributed by atoms with Crippen molar-refractivity contribution >= 4 is 24.0 Å². The van der Waals surface area contributed by atoms with Crippen molar-refractivity contribution in [2.45, 2.75) is 0 Å². The molecule has 2 aromatic rings. The Morgan fingerprint density at radius 1 is 1.05 bits per heavy atom. The van der Waals surface area contributed by atoms with Crippen LogP contribution in [0.4, 0.5) is 0 Å². The highest BCUT2D eigenvalue weighted by molar-refractivity contribution is 5.92. The minimum absolute atomic E-state index is 0.388. The zero-order valence-corrected chi connectivity index (χ0v) is 12.4. The van der Waals surface area contributed by atoms with Crippen molar-refractivity contribution in [1.82, 2.24) is 0 Å². The zero-order valence-electron chi connectivity index (χ0n) is 12.4. The molecule has 0 unspecified atom stereocenters. The molecule has 0 radical (unpaired) electrons. The lowest BCUT2D eigenvalue weighted by molar-refractivity contribution is -0.134. The third-order valence-electron chi connectivity index (χ3n) is 3.06. The van der Waals surface area contributed by atoms with Crippen LogP contribution >= 0.6 is 0 Å². The fraction of sp³-hybridized carbons (Fsp3) is 0.0526. The number of carbonyl (C=O) groups is 1. The second kappa shape index (κ2) is 7.74. The summed E-state index contributed by atoms with van der Waals surface area (Å²) >= 11 is 0. The molecule has 0 amide bonds. The van der Waals surface area contributed by atoms with Crippen LogP contribution in [0.15, 0.2) is 72.2 Å². The molecule has 0 bridgehead atoms. The smallest absolute Gasteiger partial charge is 0.330 e. The fourth-order valence-electron chi connectivity index (χ4n) is 1.86. The quantitative estimate of drug-likeness (QED) is 0.475. The van der Waals surface area contributed by atoms with E-state index in [1.165, 1.54) is 13.2 Å². The number of esters is 1. The number of aliphatic imine (C=N–C) groups is 1. The summed E-state index contributed by atoms with van der Waals surface area (Å²) in [4.78, 5) is 15.6.